The van der Waals surface area contributed by atoms with Crippen LogP contribution in [0, 0.1) is 12.3 Å². The molecule has 5 atom stereocenters. The Kier molecular flexibility index (Phi) is 18.8. The molecule has 1 aromatic heterocycles. The number of methoxy groups -OCH3 is 1. The second-order valence-electron chi connectivity index (χ2n) is 20.6. The molecule has 17 nitrogen and oxygen atoms in total. The number of nitrogens with one attached hydrogen (secondary N) is 5. The highest BCUT2D eigenvalue weighted by Crippen LogP contribution is 2.39. The maximum Gasteiger partial charge on any atom is 0.257 e. The Morgan fingerprint density at radius 2 is 1.57 bits per heavy atom. The lowest BCUT2D eigenvalue weighted by Crippen LogP contribution is -2.59. The van der Waals surface area contributed by atoms with Crippen LogP contribution in [-0.2, 0) is 19.2 Å². The standard InChI is InChI=1S/C55H73N9O8S2/c1-10-43(36-14-12-11-13-15-36)59-51(68)44-29-39(32-64(44)53(70)48(55(5,6)7)60-49(66)34(3)56-8)58-38-18-22-41(23-19-38)72-40-20-16-37(17-21-40)50(67)61-54-57-31-47(74-54)73-46-30-42(45(71-9)28-33(46)2)52(69)63-26-24-62(25-27-63)35(4)65/h11-17,20-21,28,30-31,34,38-39,41,43-44,48,56,58H,10,18-19,22-27,29,32H2,1-9H3,(H,59,68)(H,60,66)(H,57,61,67)/t34-,38?,39-,41?,43+,44-,48+/m0/s1. The third-order valence-corrected chi connectivity index (χ3v) is 16.4. The van der Waals surface area contributed by atoms with Gasteiger partial charge < -0.3 is 45.4 Å². The number of aryl methyl sites for hydroxylation is 1. The summed E-state index contributed by atoms with van der Waals surface area (Å²) in [5.41, 5.74) is 2.22. The lowest BCUT2D eigenvalue weighted by molar-refractivity contribution is -0.144. The van der Waals surface area contributed by atoms with Crippen molar-refractivity contribution in [2.45, 2.75) is 138 Å². The molecule has 3 aliphatic rings. The lowest BCUT2D eigenvalue weighted by atomic mass is 9.85. The average molecular weight is 1050 g/mol. The van der Waals surface area contributed by atoms with Crippen molar-refractivity contribution >= 4 is 63.7 Å². The third kappa shape index (κ3) is 14.0. The number of amides is 6. The van der Waals surface area contributed by atoms with Gasteiger partial charge in [0.25, 0.3) is 11.8 Å². The van der Waals surface area contributed by atoms with Crippen molar-refractivity contribution in [3.8, 4) is 11.5 Å². The quantitative estimate of drug-likeness (QED) is 0.0697. The normalized spacial score (nSPS) is 20.3. The second kappa shape index (κ2) is 25.0. The number of likely N-dealkylation sites (N-methyl/N-ethyl adjacent to an activating group) is 1. The van der Waals surface area contributed by atoms with Gasteiger partial charge in [0.2, 0.25) is 23.6 Å². The van der Waals surface area contributed by atoms with Crippen molar-refractivity contribution in [3.63, 3.8) is 0 Å². The van der Waals surface area contributed by atoms with Gasteiger partial charge in [-0.1, -0.05) is 81.1 Å². The number of aromatic nitrogens is 1. The van der Waals surface area contributed by atoms with Crippen LogP contribution in [0.15, 0.2) is 82.0 Å². The van der Waals surface area contributed by atoms with Gasteiger partial charge >= 0.3 is 0 Å². The van der Waals surface area contributed by atoms with Crippen LogP contribution in [0.2, 0.25) is 0 Å². The molecule has 3 aromatic carbocycles. The van der Waals surface area contributed by atoms with Crippen LogP contribution < -0.4 is 36.1 Å². The van der Waals surface area contributed by atoms with Crippen molar-refractivity contribution in [2.24, 2.45) is 5.41 Å². The zero-order valence-electron chi connectivity index (χ0n) is 44.1. The number of carbonyl (C=O) groups is 6. The van der Waals surface area contributed by atoms with E-state index >= 15 is 0 Å². The van der Waals surface area contributed by atoms with Crippen molar-refractivity contribution in [1.82, 2.24) is 41.0 Å². The molecule has 7 rings (SSSR count). The van der Waals surface area contributed by atoms with E-state index in [9.17, 15) is 28.8 Å². The molecule has 3 heterocycles. The fourth-order valence-corrected chi connectivity index (χ4v) is 11.7. The molecule has 398 valence electrons. The SMILES string of the molecule is CC[C@@H](NC(=O)[C@@H]1C[C@H](NC2CCC(Oc3ccc(C(=O)Nc4ncc(Sc5cc(C(=O)N6CCN(C(C)=O)CC6)c(OC)cc5C)s4)cc3)CC2)CN1C(=O)[C@@H](NC(=O)[C@H](C)NC)C(C)(C)C)c1ccccc1. The van der Waals surface area contributed by atoms with E-state index in [1.807, 2.05) is 77.1 Å². The van der Waals surface area contributed by atoms with Gasteiger partial charge in [-0.25, -0.2) is 4.98 Å². The zero-order chi connectivity index (χ0) is 53.3. The molecule has 6 amide bonds. The van der Waals surface area contributed by atoms with Gasteiger partial charge in [0, 0.05) is 62.2 Å². The highest BCUT2D eigenvalue weighted by atomic mass is 32.2. The van der Waals surface area contributed by atoms with Crippen molar-refractivity contribution in [1.29, 1.82) is 0 Å². The molecule has 2 aliphatic heterocycles. The zero-order valence-corrected chi connectivity index (χ0v) is 45.8. The number of likely N-dealkylation sites (tertiary alicyclic amines) is 1. The Labute approximate surface area is 443 Å². The number of rotatable bonds is 18. The fourth-order valence-electron chi connectivity index (χ4n) is 9.74. The minimum atomic E-state index is -0.844. The average Bonchev–Trinajstić information content (AvgIpc) is 4.04. The smallest absolute Gasteiger partial charge is 0.257 e. The van der Waals surface area contributed by atoms with E-state index in [1.54, 1.807) is 66.2 Å². The summed E-state index contributed by atoms with van der Waals surface area (Å²) in [5.74, 6) is -0.0662. The number of thiazole rings is 1. The Balaban J connectivity index is 0.916. The molecular weight excluding hydrogens is 979 g/mol. The topological polar surface area (TPSA) is 204 Å². The van der Waals surface area contributed by atoms with Gasteiger partial charge in [-0.05, 0) is 112 Å². The van der Waals surface area contributed by atoms with E-state index in [-0.39, 0.29) is 59.7 Å². The Hall–Kier alpha value is -6.02. The Morgan fingerprint density at radius 3 is 2.19 bits per heavy atom. The van der Waals surface area contributed by atoms with E-state index in [4.69, 9.17) is 9.47 Å². The summed E-state index contributed by atoms with van der Waals surface area (Å²) in [6.07, 6.45) is 6.09. The molecule has 0 unspecified atom stereocenters. The highest BCUT2D eigenvalue weighted by molar-refractivity contribution is 8.01. The van der Waals surface area contributed by atoms with Crippen LogP contribution in [0.5, 0.6) is 11.5 Å². The van der Waals surface area contributed by atoms with Crippen LogP contribution in [0.4, 0.5) is 5.13 Å². The molecule has 1 saturated carbocycles. The summed E-state index contributed by atoms with van der Waals surface area (Å²) in [4.78, 5) is 91.2. The number of nitrogens with zero attached hydrogens (tertiary/aromatic N) is 4. The molecule has 74 heavy (non-hydrogen) atoms. The van der Waals surface area contributed by atoms with E-state index in [0.717, 1.165) is 45.9 Å². The number of benzene rings is 3. The van der Waals surface area contributed by atoms with Gasteiger partial charge in [0.15, 0.2) is 5.13 Å². The Bertz CT molecular complexity index is 2610. The van der Waals surface area contributed by atoms with Gasteiger partial charge in [-0.15, -0.1) is 0 Å². The first-order valence-corrected chi connectivity index (χ1v) is 27.3. The molecule has 4 aromatic rings. The van der Waals surface area contributed by atoms with Gasteiger partial charge in [-0.3, -0.25) is 34.1 Å². The number of anilines is 1. The molecule has 3 fully saturated rings. The summed E-state index contributed by atoms with van der Waals surface area (Å²) in [5, 5.41) is 16.3. The molecule has 0 bridgehead atoms. The minimum absolute atomic E-state index is 0.00142. The molecule has 1 aliphatic carbocycles. The van der Waals surface area contributed by atoms with E-state index in [1.165, 1.54) is 30.0 Å². The molecule has 0 spiro atoms. The minimum Gasteiger partial charge on any atom is -0.496 e. The molecule has 19 heteroatoms. The lowest BCUT2D eigenvalue weighted by Gasteiger charge is -2.36. The second-order valence-corrected chi connectivity index (χ2v) is 22.9. The Morgan fingerprint density at radius 1 is 0.892 bits per heavy atom. The van der Waals surface area contributed by atoms with Crippen LogP contribution in [0.3, 0.4) is 0 Å². The first-order valence-electron chi connectivity index (χ1n) is 25.7. The van der Waals surface area contributed by atoms with Crippen LogP contribution in [0.25, 0.3) is 0 Å². The summed E-state index contributed by atoms with van der Waals surface area (Å²) in [7, 11) is 3.24. The van der Waals surface area contributed by atoms with Crippen molar-refractivity contribution < 1.29 is 38.2 Å². The number of piperazine rings is 1. The summed E-state index contributed by atoms with van der Waals surface area (Å²) < 4.78 is 12.9. The maximum absolute atomic E-state index is 14.6. The van der Waals surface area contributed by atoms with Gasteiger partial charge in [0.1, 0.15) is 23.6 Å². The monoisotopic (exact) mass is 1050 g/mol. The number of ether oxygens (including phenoxy) is 2. The third-order valence-electron chi connectivity index (χ3n) is 14.3. The van der Waals surface area contributed by atoms with Gasteiger partial charge in [-0.2, -0.15) is 0 Å². The number of carbonyl (C=O) groups excluding carboxylic acids is 6. The van der Waals surface area contributed by atoms with Crippen molar-refractivity contribution in [3.05, 3.63) is 95.2 Å². The summed E-state index contributed by atoms with van der Waals surface area (Å²) in [6.45, 7) is 15.2. The molecule has 5 N–H and O–H groups in total. The van der Waals surface area contributed by atoms with E-state index in [0.29, 0.717) is 73.3 Å². The van der Waals surface area contributed by atoms with Crippen molar-refractivity contribution in [2.75, 3.05) is 52.2 Å². The first-order chi connectivity index (χ1) is 35.3. The summed E-state index contributed by atoms with van der Waals surface area (Å²) in [6, 6.07) is 18.4. The number of hydrogen-bond donors (Lipinski definition) is 5. The number of hydrogen-bond acceptors (Lipinski definition) is 13. The van der Waals surface area contributed by atoms with Crippen LogP contribution in [-0.4, -0.2) is 138 Å². The largest absolute Gasteiger partial charge is 0.496 e. The van der Waals surface area contributed by atoms with Crippen LogP contribution >= 0.6 is 23.1 Å². The predicted molar refractivity (Wildman–Crippen MR) is 288 cm³/mol. The fraction of sp³-hybridized carbons (Fsp3) is 0.509. The van der Waals surface area contributed by atoms with E-state index in [2.05, 4.69) is 31.6 Å². The predicted octanol–water partition coefficient (Wildman–Crippen LogP) is 6.82. The molecule has 2 saturated heterocycles. The first kappa shape index (κ1) is 55.7. The van der Waals surface area contributed by atoms with E-state index < -0.39 is 23.5 Å². The maximum atomic E-state index is 14.6. The molecule has 0 radical (unpaired) electrons. The van der Waals surface area contributed by atoms with Gasteiger partial charge in [0.05, 0.1) is 41.3 Å². The molecular formula is C55H73N9O8S2. The van der Waals surface area contributed by atoms with Crippen LogP contribution in [0.1, 0.15) is 118 Å². The summed E-state index contributed by atoms with van der Waals surface area (Å²) >= 11 is 2.79. The highest BCUT2D eigenvalue weighted by Gasteiger charge is 2.46.